The van der Waals surface area contributed by atoms with Crippen LogP contribution in [0.15, 0.2) is 4.52 Å². The van der Waals surface area contributed by atoms with E-state index < -0.39 is 0 Å². The van der Waals surface area contributed by atoms with Crippen LogP contribution in [0.4, 0.5) is 0 Å². The third-order valence-corrected chi connectivity index (χ3v) is 2.79. The highest BCUT2D eigenvalue weighted by Crippen LogP contribution is 2.25. The molecule has 1 aromatic heterocycles. The molecule has 0 bridgehead atoms. The Kier molecular flexibility index (Phi) is 5.58. The zero-order valence-electron chi connectivity index (χ0n) is 11.1. The SMILES string of the molecule is CCOC(c1noc(C(CC)CN)n1)C(C)C. The molecule has 0 aliphatic rings. The second kappa shape index (κ2) is 6.71. The van der Waals surface area contributed by atoms with Crippen LogP contribution in [-0.4, -0.2) is 23.3 Å². The van der Waals surface area contributed by atoms with Gasteiger partial charge in [0.05, 0.1) is 5.92 Å². The van der Waals surface area contributed by atoms with E-state index in [0.717, 1.165) is 6.42 Å². The first-order valence-electron chi connectivity index (χ1n) is 6.29. The van der Waals surface area contributed by atoms with E-state index in [1.165, 1.54) is 0 Å². The number of ether oxygens (including phenoxy) is 1. The molecule has 0 aromatic carbocycles. The van der Waals surface area contributed by atoms with Crippen molar-refractivity contribution in [2.24, 2.45) is 11.7 Å². The van der Waals surface area contributed by atoms with Crippen LogP contribution in [0, 0.1) is 5.92 Å². The number of nitrogens with two attached hydrogens (primary N) is 1. The third-order valence-electron chi connectivity index (χ3n) is 2.79. The lowest BCUT2D eigenvalue weighted by molar-refractivity contribution is 0.0217. The molecule has 2 atom stereocenters. The van der Waals surface area contributed by atoms with Crippen LogP contribution in [0.1, 0.15) is 57.9 Å². The highest BCUT2D eigenvalue weighted by Gasteiger charge is 2.24. The molecule has 0 radical (unpaired) electrons. The van der Waals surface area contributed by atoms with Crippen LogP contribution < -0.4 is 5.73 Å². The van der Waals surface area contributed by atoms with Crippen molar-refractivity contribution in [1.29, 1.82) is 0 Å². The fourth-order valence-electron chi connectivity index (χ4n) is 1.72. The molecule has 0 fully saturated rings. The maximum absolute atomic E-state index is 5.66. The summed E-state index contributed by atoms with van der Waals surface area (Å²) in [5.74, 6) is 1.71. The minimum absolute atomic E-state index is 0.104. The van der Waals surface area contributed by atoms with E-state index in [-0.39, 0.29) is 12.0 Å². The first-order valence-corrected chi connectivity index (χ1v) is 6.29. The zero-order chi connectivity index (χ0) is 12.8. The summed E-state index contributed by atoms with van der Waals surface area (Å²) < 4.78 is 10.9. The molecule has 2 N–H and O–H groups in total. The first-order chi connectivity index (χ1) is 8.13. The van der Waals surface area contributed by atoms with Crippen molar-refractivity contribution < 1.29 is 9.26 Å². The van der Waals surface area contributed by atoms with Gasteiger partial charge in [0.2, 0.25) is 11.7 Å². The van der Waals surface area contributed by atoms with Crippen molar-refractivity contribution in [3.8, 4) is 0 Å². The van der Waals surface area contributed by atoms with Crippen molar-refractivity contribution in [2.45, 2.75) is 46.1 Å². The molecule has 0 amide bonds. The van der Waals surface area contributed by atoms with Crippen LogP contribution >= 0.6 is 0 Å². The van der Waals surface area contributed by atoms with E-state index in [1.54, 1.807) is 0 Å². The minimum atomic E-state index is -0.104. The molecular weight excluding hydrogens is 218 g/mol. The number of hydrogen-bond donors (Lipinski definition) is 1. The Labute approximate surface area is 103 Å². The molecule has 1 heterocycles. The summed E-state index contributed by atoms with van der Waals surface area (Å²) in [5.41, 5.74) is 5.66. The normalized spacial score (nSPS) is 15.2. The Morgan fingerprint density at radius 1 is 1.35 bits per heavy atom. The Balaban J connectivity index is 2.84. The van der Waals surface area contributed by atoms with Crippen molar-refractivity contribution in [3.05, 3.63) is 11.7 Å². The van der Waals surface area contributed by atoms with E-state index >= 15 is 0 Å². The van der Waals surface area contributed by atoms with Gasteiger partial charge >= 0.3 is 0 Å². The van der Waals surface area contributed by atoms with Gasteiger partial charge in [0.25, 0.3) is 0 Å². The number of aromatic nitrogens is 2. The van der Waals surface area contributed by atoms with E-state index in [4.69, 9.17) is 15.0 Å². The molecule has 0 saturated carbocycles. The number of hydrogen-bond acceptors (Lipinski definition) is 5. The van der Waals surface area contributed by atoms with E-state index in [2.05, 4.69) is 30.9 Å². The summed E-state index contributed by atoms with van der Waals surface area (Å²) in [4.78, 5) is 4.41. The van der Waals surface area contributed by atoms with Gasteiger partial charge in [0.15, 0.2) is 0 Å². The fourth-order valence-corrected chi connectivity index (χ4v) is 1.72. The molecule has 0 aliphatic heterocycles. The molecule has 98 valence electrons. The highest BCUT2D eigenvalue weighted by atomic mass is 16.5. The summed E-state index contributed by atoms with van der Waals surface area (Å²) in [6.07, 6.45) is 0.798. The van der Waals surface area contributed by atoms with Crippen molar-refractivity contribution in [1.82, 2.24) is 10.1 Å². The smallest absolute Gasteiger partial charge is 0.231 e. The van der Waals surface area contributed by atoms with Crippen LogP contribution in [0.25, 0.3) is 0 Å². The standard InChI is InChI=1S/C12H23N3O2/c1-5-9(7-13)12-14-11(15-17-12)10(8(3)4)16-6-2/h8-10H,5-7,13H2,1-4H3. The average molecular weight is 241 g/mol. The lowest BCUT2D eigenvalue weighted by Crippen LogP contribution is -2.14. The Bertz CT molecular complexity index is 321. The largest absolute Gasteiger partial charge is 0.370 e. The molecular formula is C12H23N3O2. The summed E-state index contributed by atoms with van der Waals surface area (Å²) in [7, 11) is 0. The first kappa shape index (κ1) is 14.1. The van der Waals surface area contributed by atoms with E-state index in [9.17, 15) is 0 Å². The van der Waals surface area contributed by atoms with Crippen molar-refractivity contribution in [3.63, 3.8) is 0 Å². The summed E-state index contributed by atoms with van der Waals surface area (Å²) in [6.45, 7) is 9.35. The van der Waals surface area contributed by atoms with Crippen LogP contribution in [0.5, 0.6) is 0 Å². The maximum atomic E-state index is 5.66. The quantitative estimate of drug-likeness (QED) is 0.792. The molecule has 0 spiro atoms. The van der Waals surface area contributed by atoms with Gasteiger partial charge in [-0.2, -0.15) is 4.98 Å². The second-order valence-corrected chi connectivity index (χ2v) is 4.45. The van der Waals surface area contributed by atoms with Gasteiger partial charge < -0.3 is 15.0 Å². The lowest BCUT2D eigenvalue weighted by atomic mass is 10.1. The molecule has 0 aliphatic carbocycles. The predicted molar refractivity (Wildman–Crippen MR) is 65.6 cm³/mol. The third kappa shape index (κ3) is 3.51. The average Bonchev–Trinajstić information content (AvgIpc) is 2.76. The lowest BCUT2D eigenvalue weighted by Gasteiger charge is -2.16. The minimum Gasteiger partial charge on any atom is -0.370 e. The molecule has 0 saturated heterocycles. The predicted octanol–water partition coefficient (Wildman–Crippen LogP) is 2.26. The van der Waals surface area contributed by atoms with Gasteiger partial charge in [-0.05, 0) is 19.3 Å². The summed E-state index contributed by atoms with van der Waals surface area (Å²) in [5, 5.41) is 4.01. The summed E-state index contributed by atoms with van der Waals surface area (Å²) >= 11 is 0. The molecule has 1 aromatic rings. The molecule has 5 nitrogen and oxygen atoms in total. The topological polar surface area (TPSA) is 74.2 Å². The molecule has 1 rings (SSSR count). The summed E-state index contributed by atoms with van der Waals surface area (Å²) in [6, 6.07) is 0. The van der Waals surface area contributed by atoms with Gasteiger partial charge in [0, 0.05) is 13.2 Å². The molecule has 5 heteroatoms. The van der Waals surface area contributed by atoms with Gasteiger partial charge in [-0.1, -0.05) is 25.9 Å². The Hall–Kier alpha value is -0.940. The molecule has 17 heavy (non-hydrogen) atoms. The fraction of sp³-hybridized carbons (Fsp3) is 0.833. The zero-order valence-corrected chi connectivity index (χ0v) is 11.1. The van der Waals surface area contributed by atoms with Gasteiger partial charge in [-0.25, -0.2) is 0 Å². The van der Waals surface area contributed by atoms with Gasteiger partial charge in [0.1, 0.15) is 6.10 Å². The monoisotopic (exact) mass is 241 g/mol. The van der Waals surface area contributed by atoms with Crippen molar-refractivity contribution in [2.75, 3.05) is 13.2 Å². The highest BCUT2D eigenvalue weighted by molar-refractivity contribution is 4.97. The Morgan fingerprint density at radius 2 is 2.06 bits per heavy atom. The molecule has 2 unspecified atom stereocenters. The van der Waals surface area contributed by atoms with Gasteiger partial charge in [-0.3, -0.25) is 0 Å². The maximum Gasteiger partial charge on any atom is 0.231 e. The van der Waals surface area contributed by atoms with Crippen molar-refractivity contribution >= 4 is 0 Å². The number of nitrogens with zero attached hydrogens (tertiary/aromatic N) is 2. The number of rotatable bonds is 7. The van der Waals surface area contributed by atoms with E-state index in [0.29, 0.717) is 30.8 Å². The Morgan fingerprint density at radius 3 is 2.53 bits per heavy atom. The second-order valence-electron chi connectivity index (χ2n) is 4.45. The van der Waals surface area contributed by atoms with Crippen LogP contribution in [-0.2, 0) is 4.74 Å². The van der Waals surface area contributed by atoms with E-state index in [1.807, 2.05) is 6.92 Å². The van der Waals surface area contributed by atoms with Crippen LogP contribution in [0.2, 0.25) is 0 Å². The van der Waals surface area contributed by atoms with Crippen LogP contribution in [0.3, 0.4) is 0 Å². The van der Waals surface area contributed by atoms with Gasteiger partial charge in [-0.15, -0.1) is 0 Å².